The second kappa shape index (κ2) is 5.56. The van der Waals surface area contributed by atoms with Crippen LogP contribution in [-0.4, -0.2) is 17.5 Å². The van der Waals surface area contributed by atoms with Crippen LogP contribution in [0.4, 0.5) is 0 Å². The Bertz CT molecular complexity index is 670. The van der Waals surface area contributed by atoms with E-state index in [2.05, 4.69) is 13.0 Å². The fraction of sp³-hybridized carbons (Fsp3) is 0.714. The number of carbonyl (C=O) groups is 1. The third-order valence-electron chi connectivity index (χ3n) is 8.05. The molecule has 0 amide bonds. The Morgan fingerprint density at radius 3 is 2.83 bits per heavy atom. The van der Waals surface area contributed by atoms with Crippen molar-refractivity contribution < 1.29 is 9.90 Å². The van der Waals surface area contributed by atoms with E-state index in [1.54, 1.807) is 6.08 Å². The summed E-state index contributed by atoms with van der Waals surface area (Å²) in [5.41, 5.74) is 2.63. The molecular formula is C21H27NO2. The zero-order valence-corrected chi connectivity index (χ0v) is 14.6. The minimum atomic E-state index is -0.139. The van der Waals surface area contributed by atoms with Gasteiger partial charge in [-0.3, -0.25) is 4.79 Å². The first-order valence-corrected chi connectivity index (χ1v) is 9.49. The van der Waals surface area contributed by atoms with E-state index >= 15 is 0 Å². The fourth-order valence-corrected chi connectivity index (χ4v) is 6.82. The molecule has 1 N–H and O–H groups in total. The standard InChI is InChI=1S/C21H27NO2/c1-20-9-7-19-17(18(20)5-3-14(20)8-11-22)4-2-15-12-16(24)6-10-21(15,19)13-23/h8,12,17-19,23H,2-7,9-10,13H2,1H3/b14-8-/t17-,18-,19-,20+,21+/m0/s1. The summed E-state index contributed by atoms with van der Waals surface area (Å²) in [4.78, 5) is 11.9. The number of rotatable bonds is 1. The summed E-state index contributed by atoms with van der Waals surface area (Å²) in [5, 5.41) is 19.5. The molecule has 5 atom stereocenters. The average Bonchev–Trinajstić information content (AvgIpc) is 2.91. The van der Waals surface area contributed by atoms with Crippen molar-refractivity contribution in [2.24, 2.45) is 28.6 Å². The van der Waals surface area contributed by atoms with Gasteiger partial charge in [0.05, 0.1) is 12.7 Å². The quantitative estimate of drug-likeness (QED) is 0.743. The Labute approximate surface area is 144 Å². The summed E-state index contributed by atoms with van der Waals surface area (Å²) in [7, 11) is 0. The lowest BCUT2D eigenvalue weighted by Gasteiger charge is -2.58. The predicted octanol–water partition coefficient (Wildman–Crippen LogP) is 3.94. The molecule has 0 aliphatic heterocycles. The molecule has 4 rings (SSSR count). The van der Waals surface area contributed by atoms with Crippen LogP contribution in [0.1, 0.15) is 58.3 Å². The Kier molecular flexibility index (Phi) is 3.73. The minimum absolute atomic E-state index is 0.139. The summed E-state index contributed by atoms with van der Waals surface area (Å²) in [6, 6.07) is 2.26. The number of aliphatic hydroxyl groups is 1. The van der Waals surface area contributed by atoms with Gasteiger partial charge in [0.25, 0.3) is 0 Å². The van der Waals surface area contributed by atoms with Gasteiger partial charge in [-0.15, -0.1) is 0 Å². The van der Waals surface area contributed by atoms with E-state index < -0.39 is 0 Å². The average molecular weight is 325 g/mol. The van der Waals surface area contributed by atoms with Crippen LogP contribution in [0.25, 0.3) is 0 Å². The van der Waals surface area contributed by atoms with E-state index in [1.807, 2.05) is 6.08 Å². The SMILES string of the molecule is C[C@]12CC[C@H]3[C@@H](CCC4=CC(=O)CC[C@@]43CO)[C@@H]1CC/C2=C/C#N. The first kappa shape index (κ1) is 16.1. The van der Waals surface area contributed by atoms with Crippen LogP contribution in [0.2, 0.25) is 0 Å². The summed E-state index contributed by atoms with van der Waals surface area (Å²) < 4.78 is 0. The van der Waals surface area contributed by atoms with Gasteiger partial charge in [0, 0.05) is 17.9 Å². The lowest BCUT2D eigenvalue weighted by atomic mass is 9.47. The lowest BCUT2D eigenvalue weighted by Crippen LogP contribution is -2.52. The second-order valence-corrected chi connectivity index (χ2v) is 8.66. The van der Waals surface area contributed by atoms with Crippen molar-refractivity contribution in [1.82, 2.24) is 0 Å². The molecule has 0 heterocycles. The van der Waals surface area contributed by atoms with Crippen molar-refractivity contribution in [1.29, 1.82) is 5.26 Å². The second-order valence-electron chi connectivity index (χ2n) is 8.66. The molecule has 0 saturated heterocycles. The maximum Gasteiger partial charge on any atom is 0.155 e. The van der Waals surface area contributed by atoms with Crippen molar-refractivity contribution in [3.8, 4) is 6.07 Å². The number of carbonyl (C=O) groups excluding carboxylic acids is 1. The number of nitriles is 1. The van der Waals surface area contributed by atoms with E-state index in [4.69, 9.17) is 5.26 Å². The van der Waals surface area contributed by atoms with Crippen LogP contribution >= 0.6 is 0 Å². The van der Waals surface area contributed by atoms with Crippen LogP contribution in [0.15, 0.2) is 23.3 Å². The Morgan fingerprint density at radius 1 is 1.25 bits per heavy atom. The molecule has 0 aromatic heterocycles. The van der Waals surface area contributed by atoms with Gasteiger partial charge < -0.3 is 5.11 Å². The summed E-state index contributed by atoms with van der Waals surface area (Å²) >= 11 is 0. The predicted molar refractivity (Wildman–Crippen MR) is 91.8 cm³/mol. The van der Waals surface area contributed by atoms with Gasteiger partial charge in [0.1, 0.15) is 0 Å². The molecule has 0 aromatic rings. The molecule has 3 saturated carbocycles. The first-order chi connectivity index (χ1) is 11.5. The molecule has 3 fully saturated rings. The number of nitrogens with zero attached hydrogens (tertiary/aromatic N) is 1. The Hall–Kier alpha value is -1.40. The van der Waals surface area contributed by atoms with Gasteiger partial charge in [0.15, 0.2) is 5.78 Å². The van der Waals surface area contributed by atoms with Crippen molar-refractivity contribution in [3.63, 3.8) is 0 Å². The molecule has 4 aliphatic rings. The number of ketones is 1. The third kappa shape index (κ3) is 2.02. The highest BCUT2D eigenvalue weighted by Gasteiger charge is 2.58. The number of hydrogen-bond acceptors (Lipinski definition) is 3. The van der Waals surface area contributed by atoms with Gasteiger partial charge in [-0.1, -0.05) is 18.1 Å². The summed E-state index contributed by atoms with van der Waals surface area (Å²) in [5.74, 6) is 2.02. The van der Waals surface area contributed by atoms with Crippen molar-refractivity contribution in [2.75, 3.05) is 6.61 Å². The topological polar surface area (TPSA) is 61.1 Å². The molecule has 0 aromatic carbocycles. The van der Waals surface area contributed by atoms with Crippen molar-refractivity contribution in [2.45, 2.75) is 58.3 Å². The maximum atomic E-state index is 11.9. The molecule has 0 spiro atoms. The largest absolute Gasteiger partial charge is 0.395 e. The molecular weight excluding hydrogens is 298 g/mol. The van der Waals surface area contributed by atoms with Crippen LogP contribution in [0.5, 0.6) is 0 Å². The van der Waals surface area contributed by atoms with Crippen LogP contribution in [0, 0.1) is 39.9 Å². The van der Waals surface area contributed by atoms with E-state index in [0.717, 1.165) is 38.5 Å². The molecule has 3 nitrogen and oxygen atoms in total. The van der Waals surface area contributed by atoms with Gasteiger partial charge in [-0.05, 0) is 74.2 Å². The summed E-state index contributed by atoms with van der Waals surface area (Å²) in [6.07, 6.45) is 11.7. The highest BCUT2D eigenvalue weighted by atomic mass is 16.3. The zero-order valence-electron chi connectivity index (χ0n) is 14.6. The normalized spacial score (nSPS) is 45.9. The van der Waals surface area contributed by atoms with Gasteiger partial charge in [-0.2, -0.15) is 5.26 Å². The highest BCUT2D eigenvalue weighted by molar-refractivity contribution is 5.91. The number of aliphatic hydroxyl groups excluding tert-OH is 1. The molecule has 4 aliphatic carbocycles. The van der Waals surface area contributed by atoms with Gasteiger partial charge >= 0.3 is 0 Å². The van der Waals surface area contributed by atoms with Gasteiger partial charge in [0.2, 0.25) is 0 Å². The van der Waals surface area contributed by atoms with Crippen LogP contribution in [-0.2, 0) is 4.79 Å². The molecule has 24 heavy (non-hydrogen) atoms. The summed E-state index contributed by atoms with van der Waals surface area (Å²) in [6.45, 7) is 2.56. The fourth-order valence-electron chi connectivity index (χ4n) is 6.82. The van der Waals surface area contributed by atoms with E-state index in [-0.39, 0.29) is 23.2 Å². The zero-order chi connectivity index (χ0) is 16.9. The maximum absolute atomic E-state index is 11.9. The third-order valence-corrected chi connectivity index (χ3v) is 8.05. The first-order valence-electron chi connectivity index (χ1n) is 9.49. The molecule has 0 radical (unpaired) electrons. The van der Waals surface area contributed by atoms with Crippen molar-refractivity contribution >= 4 is 5.78 Å². The molecule has 128 valence electrons. The minimum Gasteiger partial charge on any atom is -0.395 e. The lowest BCUT2D eigenvalue weighted by molar-refractivity contribution is -0.118. The Balaban J connectivity index is 1.71. The monoisotopic (exact) mass is 325 g/mol. The molecule has 0 bridgehead atoms. The van der Waals surface area contributed by atoms with Crippen LogP contribution < -0.4 is 0 Å². The number of allylic oxidation sites excluding steroid dienone is 2. The number of hydrogen-bond donors (Lipinski definition) is 1. The van der Waals surface area contributed by atoms with Crippen LogP contribution in [0.3, 0.4) is 0 Å². The highest BCUT2D eigenvalue weighted by Crippen LogP contribution is 2.66. The molecule has 0 unspecified atom stereocenters. The van der Waals surface area contributed by atoms with E-state index in [1.165, 1.54) is 17.6 Å². The van der Waals surface area contributed by atoms with Gasteiger partial charge in [-0.25, -0.2) is 0 Å². The molecule has 3 heteroatoms. The Morgan fingerprint density at radius 2 is 2.08 bits per heavy atom. The smallest absolute Gasteiger partial charge is 0.155 e. The van der Waals surface area contributed by atoms with E-state index in [0.29, 0.717) is 24.2 Å². The van der Waals surface area contributed by atoms with Crippen molar-refractivity contribution in [3.05, 3.63) is 23.3 Å². The number of fused-ring (bicyclic) bond motifs is 5. The van der Waals surface area contributed by atoms with E-state index in [9.17, 15) is 9.90 Å².